The second kappa shape index (κ2) is 54.2. The second-order valence-corrected chi connectivity index (χ2v) is 19.2. The molecule has 0 N–H and O–H groups in total. The molecule has 0 spiro atoms. The molecule has 0 rings (SSSR count). The molecule has 0 saturated carbocycles. The number of carbonyl (C=O) groups excluding carboxylic acids is 3. The molecule has 0 aromatic heterocycles. The average Bonchev–Trinajstić information content (AvgIpc) is 3.30. The van der Waals surface area contributed by atoms with Crippen LogP contribution in [0.15, 0.2) is 36.5 Å². The summed E-state index contributed by atoms with van der Waals surface area (Å²) in [7, 11) is 0. The molecule has 0 unspecified atom stereocenters. The van der Waals surface area contributed by atoms with Crippen molar-refractivity contribution in [1.82, 2.24) is 0 Å². The second-order valence-electron chi connectivity index (χ2n) is 19.2. The molecular formula is C59H108O6. The average molecular weight is 914 g/mol. The maximum absolute atomic E-state index is 12.8. The van der Waals surface area contributed by atoms with E-state index < -0.39 is 6.10 Å². The van der Waals surface area contributed by atoms with Crippen molar-refractivity contribution in [1.29, 1.82) is 0 Å². The summed E-state index contributed by atoms with van der Waals surface area (Å²) >= 11 is 0. The van der Waals surface area contributed by atoms with Crippen molar-refractivity contribution in [3.63, 3.8) is 0 Å². The predicted molar refractivity (Wildman–Crippen MR) is 279 cm³/mol. The van der Waals surface area contributed by atoms with Gasteiger partial charge in [-0.2, -0.15) is 0 Å². The Morgan fingerprint density at radius 2 is 0.554 bits per heavy atom. The summed E-state index contributed by atoms with van der Waals surface area (Å²) in [5.74, 6) is -0.870. The first-order valence-corrected chi connectivity index (χ1v) is 28.5. The van der Waals surface area contributed by atoms with Gasteiger partial charge in [0.25, 0.3) is 0 Å². The van der Waals surface area contributed by atoms with E-state index in [2.05, 4.69) is 57.2 Å². The van der Waals surface area contributed by atoms with Crippen molar-refractivity contribution in [3.05, 3.63) is 36.5 Å². The molecule has 0 radical (unpaired) electrons. The minimum Gasteiger partial charge on any atom is -0.462 e. The van der Waals surface area contributed by atoms with Crippen molar-refractivity contribution in [2.24, 2.45) is 0 Å². The molecule has 0 heterocycles. The van der Waals surface area contributed by atoms with Gasteiger partial charge in [0.1, 0.15) is 13.2 Å². The van der Waals surface area contributed by atoms with Crippen LogP contribution in [0.4, 0.5) is 0 Å². The van der Waals surface area contributed by atoms with E-state index in [0.717, 1.165) is 70.6 Å². The Bertz CT molecular complexity index is 1090. The van der Waals surface area contributed by atoms with Gasteiger partial charge in [-0.25, -0.2) is 0 Å². The first-order valence-electron chi connectivity index (χ1n) is 28.5. The lowest BCUT2D eigenvalue weighted by Gasteiger charge is -2.18. The van der Waals surface area contributed by atoms with Crippen LogP contribution in [0.25, 0.3) is 0 Å². The fourth-order valence-corrected chi connectivity index (χ4v) is 8.29. The molecule has 0 aromatic rings. The van der Waals surface area contributed by atoms with E-state index in [0.29, 0.717) is 19.3 Å². The molecule has 0 saturated heterocycles. The van der Waals surface area contributed by atoms with Gasteiger partial charge in [-0.1, -0.05) is 243 Å². The van der Waals surface area contributed by atoms with Crippen molar-refractivity contribution in [2.45, 2.75) is 309 Å². The molecule has 0 bridgehead atoms. The van der Waals surface area contributed by atoms with Gasteiger partial charge >= 0.3 is 17.9 Å². The third-order valence-electron chi connectivity index (χ3n) is 12.6. The number of rotatable bonds is 52. The monoisotopic (exact) mass is 913 g/mol. The number of esters is 3. The van der Waals surface area contributed by atoms with Crippen LogP contribution in [0.3, 0.4) is 0 Å². The van der Waals surface area contributed by atoms with Gasteiger partial charge in [0, 0.05) is 19.3 Å². The van der Waals surface area contributed by atoms with E-state index in [1.807, 2.05) is 0 Å². The summed E-state index contributed by atoms with van der Waals surface area (Å²) in [5, 5.41) is 0. The topological polar surface area (TPSA) is 78.9 Å². The highest BCUT2D eigenvalue weighted by atomic mass is 16.6. The Morgan fingerprint density at radius 1 is 0.308 bits per heavy atom. The van der Waals surface area contributed by atoms with Crippen LogP contribution >= 0.6 is 0 Å². The quantitative estimate of drug-likeness (QED) is 0.0262. The zero-order valence-corrected chi connectivity index (χ0v) is 43.5. The smallest absolute Gasteiger partial charge is 0.306 e. The molecule has 0 aliphatic heterocycles. The third-order valence-corrected chi connectivity index (χ3v) is 12.6. The van der Waals surface area contributed by atoms with E-state index in [-0.39, 0.29) is 31.1 Å². The fourth-order valence-electron chi connectivity index (χ4n) is 8.29. The predicted octanol–water partition coefficient (Wildman–Crippen LogP) is 18.9. The standard InChI is InChI=1S/C59H108O6/c1-4-7-10-13-16-19-22-25-27-28-29-30-32-35-37-40-43-46-49-52-58(61)64-55-56(65-59(62)53-50-47-44-41-38-33-24-21-18-15-12-9-6-3)54-63-57(60)51-48-45-42-39-36-34-31-26-23-20-17-14-11-8-5-2/h16,19,21,24-25,27,56H,4-15,17-18,20,22-23,26,28-55H2,1-3H3/b19-16-,24-21-,27-25-/t56-/m0/s1. The van der Waals surface area contributed by atoms with E-state index in [9.17, 15) is 14.4 Å². The number of allylic oxidation sites excluding steroid dienone is 6. The molecule has 0 amide bonds. The van der Waals surface area contributed by atoms with E-state index >= 15 is 0 Å². The number of hydrogen-bond acceptors (Lipinski definition) is 6. The van der Waals surface area contributed by atoms with Crippen LogP contribution in [-0.2, 0) is 28.6 Å². The first-order chi connectivity index (χ1) is 32.0. The minimum absolute atomic E-state index is 0.0731. The van der Waals surface area contributed by atoms with Crippen LogP contribution in [0.1, 0.15) is 303 Å². The van der Waals surface area contributed by atoms with Crippen molar-refractivity contribution in [3.8, 4) is 0 Å². The van der Waals surface area contributed by atoms with E-state index in [1.165, 1.54) is 193 Å². The summed E-state index contributed by atoms with van der Waals surface area (Å²) in [6.45, 7) is 6.63. The van der Waals surface area contributed by atoms with Gasteiger partial charge in [0.2, 0.25) is 0 Å². The summed E-state index contributed by atoms with van der Waals surface area (Å²) in [6, 6.07) is 0. The highest BCUT2D eigenvalue weighted by Gasteiger charge is 2.19. The lowest BCUT2D eigenvalue weighted by atomic mass is 10.0. The van der Waals surface area contributed by atoms with Gasteiger partial charge in [-0.05, 0) is 77.0 Å². The zero-order valence-electron chi connectivity index (χ0n) is 43.5. The van der Waals surface area contributed by atoms with Gasteiger partial charge in [-0.3, -0.25) is 14.4 Å². The van der Waals surface area contributed by atoms with Gasteiger partial charge in [0.05, 0.1) is 0 Å². The molecule has 380 valence electrons. The number of carbonyl (C=O) groups is 3. The summed E-state index contributed by atoms with van der Waals surface area (Å²) in [6.07, 6.45) is 64.1. The van der Waals surface area contributed by atoms with Crippen molar-refractivity contribution >= 4 is 17.9 Å². The summed E-state index contributed by atoms with van der Waals surface area (Å²) in [5.41, 5.74) is 0. The van der Waals surface area contributed by atoms with Gasteiger partial charge < -0.3 is 14.2 Å². The normalized spacial score (nSPS) is 12.2. The molecule has 65 heavy (non-hydrogen) atoms. The Labute approximate surface area is 404 Å². The first kappa shape index (κ1) is 62.6. The van der Waals surface area contributed by atoms with Gasteiger partial charge in [-0.15, -0.1) is 0 Å². The number of ether oxygens (including phenoxy) is 3. The third kappa shape index (κ3) is 52.5. The molecule has 6 heteroatoms. The minimum atomic E-state index is -0.775. The zero-order chi connectivity index (χ0) is 47.2. The maximum Gasteiger partial charge on any atom is 0.306 e. The van der Waals surface area contributed by atoms with Crippen LogP contribution in [-0.4, -0.2) is 37.2 Å². The summed E-state index contributed by atoms with van der Waals surface area (Å²) < 4.78 is 16.9. The Balaban J connectivity index is 4.32. The molecule has 6 nitrogen and oxygen atoms in total. The highest BCUT2D eigenvalue weighted by molar-refractivity contribution is 5.71. The molecule has 0 aliphatic carbocycles. The van der Waals surface area contributed by atoms with Crippen LogP contribution < -0.4 is 0 Å². The van der Waals surface area contributed by atoms with Gasteiger partial charge in [0.15, 0.2) is 6.10 Å². The Hall–Kier alpha value is -2.37. The fraction of sp³-hybridized carbons (Fsp3) is 0.847. The largest absolute Gasteiger partial charge is 0.462 e. The maximum atomic E-state index is 12.8. The van der Waals surface area contributed by atoms with Crippen LogP contribution in [0.2, 0.25) is 0 Å². The summed E-state index contributed by atoms with van der Waals surface area (Å²) in [4.78, 5) is 38.1. The van der Waals surface area contributed by atoms with E-state index in [4.69, 9.17) is 14.2 Å². The van der Waals surface area contributed by atoms with Crippen LogP contribution in [0, 0.1) is 0 Å². The molecule has 0 aromatic carbocycles. The Kier molecular flexibility index (Phi) is 52.3. The number of hydrogen-bond donors (Lipinski definition) is 0. The van der Waals surface area contributed by atoms with Crippen molar-refractivity contribution < 1.29 is 28.6 Å². The Morgan fingerprint density at radius 3 is 0.908 bits per heavy atom. The molecule has 0 aliphatic rings. The molecule has 0 fully saturated rings. The lowest BCUT2D eigenvalue weighted by Crippen LogP contribution is -2.30. The number of unbranched alkanes of at least 4 members (excludes halogenated alkanes) is 35. The lowest BCUT2D eigenvalue weighted by molar-refractivity contribution is -0.167. The van der Waals surface area contributed by atoms with E-state index in [1.54, 1.807) is 0 Å². The highest BCUT2D eigenvalue weighted by Crippen LogP contribution is 2.16. The van der Waals surface area contributed by atoms with Crippen molar-refractivity contribution in [2.75, 3.05) is 13.2 Å². The van der Waals surface area contributed by atoms with Crippen LogP contribution in [0.5, 0.6) is 0 Å². The molecular weight excluding hydrogens is 805 g/mol. The molecule has 1 atom stereocenters. The SMILES string of the molecule is CCCCC/C=C\C/C=C\CCCCCCCCCCCC(=O)OC[C@H](COC(=O)CCCCCCCCCCCCCCCCC)OC(=O)CCCCCCC/C=C\CCCCCC.